The molecule has 0 aromatic rings. The smallest absolute Gasteiger partial charge is 0.334 e. The minimum Gasteiger partial charge on any atom is -0.458 e. The lowest BCUT2D eigenvalue weighted by atomic mass is 9.55. The Morgan fingerprint density at radius 3 is 2.53 bits per heavy atom. The van der Waals surface area contributed by atoms with Crippen molar-refractivity contribution < 1.29 is 38.9 Å². The number of esters is 2. The molecule has 2 aliphatic heterocycles. The van der Waals surface area contributed by atoms with Crippen LogP contribution in [0.1, 0.15) is 66.2 Å². The highest BCUT2D eigenvalue weighted by atomic mass is 16.6. The molecule has 4 fully saturated rings. The second-order valence-electron chi connectivity index (χ2n) is 13.0. The third-order valence-corrected chi connectivity index (χ3v) is 11.4. The number of hydrogen-bond acceptors (Lipinski definition) is 8. The number of carbonyl (C=O) groups is 4. The molecule has 0 amide bonds. The minimum absolute atomic E-state index is 0.0361. The van der Waals surface area contributed by atoms with Crippen LogP contribution in [0.4, 0.5) is 0 Å². The number of allylic oxidation sites excluding steroid dienone is 1. The molecule has 0 aromatic carbocycles. The molecule has 8 nitrogen and oxygen atoms in total. The van der Waals surface area contributed by atoms with Gasteiger partial charge in [-0.2, -0.15) is 0 Å². The molecule has 0 aromatic heterocycles. The van der Waals surface area contributed by atoms with Gasteiger partial charge in [0.1, 0.15) is 18.0 Å². The summed E-state index contributed by atoms with van der Waals surface area (Å²) in [5, 5.41) is 22.5. The number of hydrogen-bond donors (Lipinski definition) is 2. The Hall–Kier alpha value is -2.58. The Bertz CT molecular complexity index is 1260. The van der Waals surface area contributed by atoms with Crippen LogP contribution in [0.25, 0.3) is 0 Å². The lowest BCUT2D eigenvalue weighted by Crippen LogP contribution is -2.49. The van der Waals surface area contributed by atoms with Crippen molar-refractivity contribution in [3.8, 4) is 0 Å². The quantitative estimate of drug-likeness (QED) is 0.327. The van der Waals surface area contributed by atoms with Gasteiger partial charge >= 0.3 is 11.9 Å². The molecule has 1 spiro atoms. The molecule has 8 heteroatoms. The molecule has 3 unspecified atom stereocenters. The molecule has 0 radical (unpaired) electrons. The van der Waals surface area contributed by atoms with Crippen molar-refractivity contribution in [3.63, 3.8) is 0 Å². The lowest BCUT2D eigenvalue weighted by Gasteiger charge is -2.44. The topological polar surface area (TPSA) is 127 Å². The monoisotopic (exact) mass is 524 g/mol. The molecule has 10 atom stereocenters. The van der Waals surface area contributed by atoms with Gasteiger partial charge in [-0.25, -0.2) is 4.79 Å². The second-order valence-corrected chi connectivity index (χ2v) is 13.0. The molecular weight excluding hydrogens is 488 g/mol. The van der Waals surface area contributed by atoms with E-state index >= 15 is 0 Å². The van der Waals surface area contributed by atoms with E-state index < -0.39 is 63.9 Å². The van der Waals surface area contributed by atoms with Crippen LogP contribution >= 0.6 is 0 Å². The van der Waals surface area contributed by atoms with Crippen molar-refractivity contribution in [2.45, 2.75) is 90.1 Å². The molecule has 38 heavy (non-hydrogen) atoms. The normalized spacial score (nSPS) is 49.0. The summed E-state index contributed by atoms with van der Waals surface area (Å²) in [6.07, 6.45) is 3.32. The molecule has 2 bridgehead atoms. The Balaban J connectivity index is 1.54. The van der Waals surface area contributed by atoms with E-state index in [9.17, 15) is 29.4 Å². The van der Waals surface area contributed by atoms with Crippen LogP contribution in [0.2, 0.25) is 0 Å². The zero-order valence-electron chi connectivity index (χ0n) is 22.4. The van der Waals surface area contributed by atoms with Gasteiger partial charge in [-0.3, -0.25) is 9.59 Å². The average molecular weight is 525 g/mol. The number of ketones is 2. The summed E-state index contributed by atoms with van der Waals surface area (Å²) in [5.41, 5.74) is -2.89. The van der Waals surface area contributed by atoms with Crippen LogP contribution in [-0.4, -0.2) is 57.6 Å². The maximum Gasteiger partial charge on any atom is 0.334 e. The van der Waals surface area contributed by atoms with Crippen LogP contribution < -0.4 is 0 Å². The average Bonchev–Trinajstić information content (AvgIpc) is 3.51. The summed E-state index contributed by atoms with van der Waals surface area (Å²) in [6.45, 7) is 11.0. The highest BCUT2D eigenvalue weighted by molar-refractivity contribution is 6.01. The largest absolute Gasteiger partial charge is 0.458 e. The molecule has 4 aliphatic carbocycles. The Labute approximate surface area is 222 Å². The zero-order valence-corrected chi connectivity index (χ0v) is 22.4. The Morgan fingerprint density at radius 2 is 1.89 bits per heavy atom. The SMILES string of the molecule is C=C1C(=O)O[C@@H]2[C@@H]3C4(C=C[C@]3(C)[C@@]3(C4)C(=O)O[C@@H](C4=C(C)C(O)CC4=O)[C@@H]3CCC(C)=O)C(C)(O)CC[C@@H]12. The third kappa shape index (κ3) is 2.83. The first-order valence-corrected chi connectivity index (χ1v) is 13.7. The second kappa shape index (κ2) is 7.75. The van der Waals surface area contributed by atoms with Crippen LogP contribution in [0.3, 0.4) is 0 Å². The summed E-state index contributed by atoms with van der Waals surface area (Å²) < 4.78 is 12.1. The van der Waals surface area contributed by atoms with Crippen LogP contribution in [0.5, 0.6) is 0 Å². The van der Waals surface area contributed by atoms with Crippen LogP contribution in [0.15, 0.2) is 35.5 Å². The molecule has 2 N–H and O–H groups in total. The standard InChI is InChI=1S/C30H36O8/c1-14(31)6-7-18-23(21-16(3)19(32)12-20(21)33)38-26(35)30(18)13-29-11-10-27(30,4)24(29)22-17(8-9-28(29,5)36)15(2)25(34)37-22/h10-11,17-19,22-24,32,36H,2,6-9,12-13H2,1,3-5H3/t17-,18-,19?,22-,23+,24-,27-,28?,29?,30+/m0/s1. The number of cyclic esters (lactones) is 1. The summed E-state index contributed by atoms with van der Waals surface area (Å²) in [5.74, 6) is -2.39. The van der Waals surface area contributed by atoms with Gasteiger partial charge in [0.15, 0.2) is 5.78 Å². The van der Waals surface area contributed by atoms with Crippen molar-refractivity contribution in [3.05, 3.63) is 35.5 Å². The highest BCUT2D eigenvalue weighted by Gasteiger charge is 2.83. The van der Waals surface area contributed by atoms with Crippen molar-refractivity contribution in [2.75, 3.05) is 0 Å². The molecule has 6 rings (SSSR count). The van der Waals surface area contributed by atoms with Gasteiger partial charge in [0, 0.05) is 52.6 Å². The summed E-state index contributed by atoms with van der Waals surface area (Å²) in [6, 6.07) is 0. The van der Waals surface area contributed by atoms with E-state index in [1.54, 1.807) is 13.8 Å². The molecular formula is C30H36O8. The van der Waals surface area contributed by atoms with E-state index in [2.05, 4.69) is 6.58 Å². The number of aliphatic hydroxyl groups is 2. The molecule has 2 saturated carbocycles. The number of ether oxygens (including phenoxy) is 2. The maximum absolute atomic E-state index is 14.2. The van der Waals surface area contributed by atoms with E-state index in [1.165, 1.54) is 6.92 Å². The fourth-order valence-electron chi connectivity index (χ4n) is 9.36. The van der Waals surface area contributed by atoms with Crippen molar-refractivity contribution in [1.82, 2.24) is 0 Å². The Kier molecular flexibility index (Phi) is 5.24. The van der Waals surface area contributed by atoms with E-state index in [1.807, 2.05) is 19.1 Å². The van der Waals surface area contributed by atoms with Gasteiger partial charge in [-0.15, -0.1) is 0 Å². The predicted octanol–water partition coefficient (Wildman–Crippen LogP) is 2.76. The number of Topliss-reactive ketones (excluding diaryl/α,β-unsaturated/α-hetero) is 2. The number of rotatable bonds is 4. The van der Waals surface area contributed by atoms with Crippen molar-refractivity contribution in [1.29, 1.82) is 0 Å². The third-order valence-electron chi connectivity index (χ3n) is 11.4. The summed E-state index contributed by atoms with van der Waals surface area (Å²) in [4.78, 5) is 52.1. The van der Waals surface area contributed by atoms with E-state index in [0.29, 0.717) is 36.0 Å². The lowest BCUT2D eigenvalue weighted by molar-refractivity contribution is -0.154. The van der Waals surface area contributed by atoms with Crippen molar-refractivity contribution in [2.24, 2.45) is 34.0 Å². The predicted molar refractivity (Wildman–Crippen MR) is 134 cm³/mol. The van der Waals surface area contributed by atoms with Crippen molar-refractivity contribution >= 4 is 23.5 Å². The van der Waals surface area contributed by atoms with Gasteiger partial charge in [0.2, 0.25) is 0 Å². The fraction of sp³-hybridized carbons (Fsp3) is 0.667. The number of aliphatic hydroxyl groups excluding tert-OH is 1. The molecule has 204 valence electrons. The fourth-order valence-corrected chi connectivity index (χ4v) is 9.36. The van der Waals surface area contributed by atoms with Gasteiger partial charge in [-0.05, 0) is 52.0 Å². The van der Waals surface area contributed by atoms with Gasteiger partial charge in [0.25, 0.3) is 0 Å². The van der Waals surface area contributed by atoms with Crippen LogP contribution in [-0.2, 0) is 28.7 Å². The van der Waals surface area contributed by atoms with Gasteiger partial charge < -0.3 is 24.5 Å². The first-order chi connectivity index (χ1) is 17.7. The van der Waals surface area contributed by atoms with Gasteiger partial charge in [0.05, 0.1) is 17.1 Å². The first-order valence-electron chi connectivity index (χ1n) is 13.7. The zero-order chi connectivity index (χ0) is 27.6. The van der Waals surface area contributed by atoms with E-state index in [0.717, 1.165) is 0 Å². The number of carbonyl (C=O) groups excluding carboxylic acids is 4. The summed E-state index contributed by atoms with van der Waals surface area (Å²) in [7, 11) is 0. The van der Waals surface area contributed by atoms with Crippen LogP contribution in [0, 0.1) is 34.0 Å². The minimum atomic E-state index is -1.20. The first kappa shape index (κ1) is 25.7. The summed E-state index contributed by atoms with van der Waals surface area (Å²) >= 11 is 0. The molecule has 2 saturated heterocycles. The van der Waals surface area contributed by atoms with E-state index in [4.69, 9.17) is 9.47 Å². The highest BCUT2D eigenvalue weighted by Crippen LogP contribution is 2.79. The van der Waals surface area contributed by atoms with E-state index in [-0.39, 0.29) is 36.7 Å². The maximum atomic E-state index is 14.2. The van der Waals surface area contributed by atoms with Gasteiger partial charge in [-0.1, -0.05) is 25.7 Å². The number of fused-ring (bicyclic) bond motifs is 2. The Morgan fingerprint density at radius 1 is 1.18 bits per heavy atom. The molecule has 6 aliphatic rings. The molecule has 2 heterocycles.